The number of amides is 1. The van der Waals surface area contributed by atoms with E-state index in [-0.39, 0.29) is 41.4 Å². The first-order valence-electron chi connectivity index (χ1n) is 20.1. The van der Waals surface area contributed by atoms with Gasteiger partial charge in [-0.2, -0.15) is 10.1 Å². The second-order valence-electron chi connectivity index (χ2n) is 16.0. The molecule has 2 aliphatic carbocycles. The van der Waals surface area contributed by atoms with E-state index in [1.807, 2.05) is 30.3 Å². The molecule has 11 nitrogen and oxygen atoms in total. The highest BCUT2D eigenvalue weighted by Gasteiger charge is 2.47. The van der Waals surface area contributed by atoms with Gasteiger partial charge in [0.25, 0.3) is 6.43 Å². The number of ketones is 1. The number of imidazole rings is 1. The number of hydrogen-bond donors (Lipinski definition) is 2. The first kappa shape index (κ1) is 38.9. The van der Waals surface area contributed by atoms with E-state index in [1.54, 1.807) is 0 Å². The van der Waals surface area contributed by atoms with E-state index in [4.69, 9.17) is 15.0 Å². The first-order chi connectivity index (χ1) is 29.4. The summed E-state index contributed by atoms with van der Waals surface area (Å²) in [4.78, 5) is 49.1. The summed E-state index contributed by atoms with van der Waals surface area (Å²) in [6.45, 7) is 3.48. The Bertz CT molecular complexity index is 2810. The van der Waals surface area contributed by atoms with Gasteiger partial charge in [0.15, 0.2) is 16.6 Å². The normalized spacial score (nSPS) is 17.8. The van der Waals surface area contributed by atoms with Crippen LogP contribution in [0.1, 0.15) is 76.7 Å². The van der Waals surface area contributed by atoms with Crippen molar-refractivity contribution in [1.82, 2.24) is 35.0 Å². The molecule has 17 heteroatoms. The van der Waals surface area contributed by atoms with Gasteiger partial charge in [-0.15, -0.1) is 0 Å². The fourth-order valence-electron chi connectivity index (χ4n) is 8.95. The van der Waals surface area contributed by atoms with Crippen LogP contribution in [0.4, 0.5) is 33.0 Å². The van der Waals surface area contributed by atoms with E-state index in [9.17, 15) is 31.5 Å². The molecule has 61 heavy (non-hydrogen) atoms. The number of nitrogens with zero attached hydrogens (tertiary/aromatic N) is 7. The monoisotopic (exact) mass is 851 g/mol. The predicted molar refractivity (Wildman–Crippen MR) is 221 cm³/mol. The van der Waals surface area contributed by atoms with Gasteiger partial charge in [0, 0.05) is 55.0 Å². The highest BCUT2D eigenvalue weighted by Crippen LogP contribution is 2.55. The largest absolute Gasteiger partial charge is 0.346 e. The van der Waals surface area contributed by atoms with Crippen molar-refractivity contribution in [3.8, 4) is 11.1 Å². The summed E-state index contributed by atoms with van der Waals surface area (Å²) in [7, 11) is 0. The number of H-pyrrole nitrogens is 1. The van der Waals surface area contributed by atoms with Crippen LogP contribution in [0.5, 0.6) is 0 Å². The molecule has 5 heterocycles. The van der Waals surface area contributed by atoms with Crippen LogP contribution in [0.15, 0.2) is 66.7 Å². The minimum Gasteiger partial charge on any atom is -0.346 e. The quantitative estimate of drug-likeness (QED) is 0.0982. The van der Waals surface area contributed by atoms with E-state index in [0.29, 0.717) is 76.4 Å². The Labute approximate surface area is 349 Å². The number of rotatable bonds is 11. The zero-order chi connectivity index (χ0) is 42.1. The molecule has 7 aromatic rings. The molecule has 0 spiro atoms. The number of carbonyl (C=O) groups excluding carboxylic acids is 2. The second-order valence-corrected chi connectivity index (χ2v) is 17.0. The number of nitrogens with one attached hydrogen (secondary N) is 2. The third-order valence-corrected chi connectivity index (χ3v) is 13.0. The van der Waals surface area contributed by atoms with E-state index in [2.05, 4.69) is 25.2 Å². The lowest BCUT2D eigenvalue weighted by Gasteiger charge is -2.34. The minimum atomic E-state index is -2.80. The number of para-hydroxylation sites is 2. The van der Waals surface area contributed by atoms with Crippen LogP contribution in [-0.2, 0) is 24.2 Å². The van der Waals surface area contributed by atoms with Crippen molar-refractivity contribution < 1.29 is 31.5 Å². The third kappa shape index (κ3) is 7.48. The van der Waals surface area contributed by atoms with Crippen LogP contribution in [0, 0.1) is 23.4 Å². The summed E-state index contributed by atoms with van der Waals surface area (Å²) >= 11 is 1.40. The van der Waals surface area contributed by atoms with Gasteiger partial charge in [-0.25, -0.2) is 31.9 Å². The van der Waals surface area contributed by atoms with Crippen molar-refractivity contribution in [3.63, 3.8) is 0 Å². The molecule has 10 rings (SSSR count). The van der Waals surface area contributed by atoms with Gasteiger partial charge < -0.3 is 20.1 Å². The maximum Gasteiger partial charge on any atom is 0.282 e. The fraction of sp³-hybridized carbons (Fsp3) is 0.318. The zero-order valence-corrected chi connectivity index (χ0v) is 33.6. The van der Waals surface area contributed by atoms with Crippen LogP contribution in [0.25, 0.3) is 32.5 Å². The molecule has 2 fully saturated rings. The standard InChI is InChI=1S/C44H38F5N9O2S/c1-22(59)29-17-24(7-9-32(29)47)30-20-36-42(54-44(61-36)57-12-10-56(11-13-57)43-51-33-4-2-3-5-34(33)52-43)53-38(30)35(16-23-14-26(45)19-27(46)15-23)50-37(60)21-58-40-28(39(55-58)41(48)49)8-6-25-18-31(25)40/h2-5,7,9,14-15,17,19-20,25,31,35,41H,6,8,10-13,16,18,21H2,1H3,(H,50,60)(H,51,52)/t25?,31?,35-/m0/s1. The van der Waals surface area contributed by atoms with Gasteiger partial charge in [0.2, 0.25) is 11.9 Å². The Kier molecular flexibility index (Phi) is 9.80. The number of aromatic nitrogens is 6. The number of pyridine rings is 1. The number of thiazole rings is 1. The minimum absolute atomic E-state index is 0.0550. The van der Waals surface area contributed by atoms with Gasteiger partial charge in [0.1, 0.15) is 29.7 Å². The summed E-state index contributed by atoms with van der Waals surface area (Å²) in [5.41, 5.74) is 4.16. The number of alkyl halides is 2. The molecule has 0 bridgehead atoms. The number of hydrogen-bond acceptors (Lipinski definition) is 9. The molecule has 4 aromatic heterocycles. The van der Waals surface area contributed by atoms with Gasteiger partial charge in [-0.1, -0.05) is 29.5 Å². The molecule has 2 unspecified atom stereocenters. The molecule has 2 N–H and O–H groups in total. The number of fused-ring (bicyclic) bond motifs is 5. The maximum absolute atomic E-state index is 14.9. The third-order valence-electron chi connectivity index (χ3n) is 12.0. The van der Waals surface area contributed by atoms with Gasteiger partial charge in [-0.3, -0.25) is 14.3 Å². The molecular formula is C44H38F5N9O2S. The Morgan fingerprint density at radius 3 is 2.44 bits per heavy atom. The van der Waals surface area contributed by atoms with Crippen molar-refractivity contribution in [2.75, 3.05) is 36.0 Å². The Balaban J connectivity index is 1.02. The van der Waals surface area contributed by atoms with Gasteiger partial charge >= 0.3 is 0 Å². The van der Waals surface area contributed by atoms with Crippen molar-refractivity contribution in [3.05, 3.63) is 118 Å². The molecule has 1 saturated heterocycles. The molecule has 0 radical (unpaired) electrons. The molecule has 312 valence electrons. The average Bonchev–Trinajstić information content (AvgIpc) is 3.52. The first-order valence-corrected chi connectivity index (χ1v) is 21.0. The highest BCUT2D eigenvalue weighted by molar-refractivity contribution is 7.22. The number of carbonyl (C=O) groups is 2. The molecule has 1 saturated carbocycles. The number of piperazine rings is 1. The molecule has 3 aliphatic rings. The van der Waals surface area contributed by atoms with Crippen molar-refractivity contribution in [1.29, 1.82) is 0 Å². The topological polar surface area (TPSA) is 125 Å². The van der Waals surface area contributed by atoms with E-state index in [0.717, 1.165) is 48.0 Å². The van der Waals surface area contributed by atoms with Crippen molar-refractivity contribution in [2.45, 2.75) is 57.5 Å². The number of benzene rings is 3. The Morgan fingerprint density at radius 2 is 1.69 bits per heavy atom. The van der Waals surface area contributed by atoms with Crippen LogP contribution < -0.4 is 15.1 Å². The molecule has 1 aliphatic heterocycles. The van der Waals surface area contributed by atoms with Crippen LogP contribution in [0.3, 0.4) is 0 Å². The van der Waals surface area contributed by atoms with E-state index in [1.165, 1.54) is 41.1 Å². The summed E-state index contributed by atoms with van der Waals surface area (Å²) in [6, 6.07) is 15.8. The Morgan fingerprint density at radius 1 is 0.918 bits per heavy atom. The summed E-state index contributed by atoms with van der Waals surface area (Å²) in [5, 5.41) is 7.90. The van der Waals surface area contributed by atoms with Gasteiger partial charge in [0.05, 0.1) is 33.0 Å². The zero-order valence-electron chi connectivity index (χ0n) is 32.8. The predicted octanol–water partition coefficient (Wildman–Crippen LogP) is 8.47. The lowest BCUT2D eigenvalue weighted by atomic mass is 9.94. The second kappa shape index (κ2) is 15.3. The van der Waals surface area contributed by atoms with Crippen molar-refractivity contribution >= 4 is 55.5 Å². The van der Waals surface area contributed by atoms with E-state index < -0.39 is 41.6 Å². The highest BCUT2D eigenvalue weighted by atomic mass is 32.1. The smallest absolute Gasteiger partial charge is 0.282 e. The molecular weight excluding hydrogens is 814 g/mol. The molecule has 1 amide bonds. The number of anilines is 2. The van der Waals surface area contributed by atoms with E-state index >= 15 is 0 Å². The maximum atomic E-state index is 14.9. The number of halogens is 5. The summed E-state index contributed by atoms with van der Waals surface area (Å²) < 4.78 is 74.6. The lowest BCUT2D eigenvalue weighted by Crippen LogP contribution is -2.46. The van der Waals surface area contributed by atoms with Crippen LogP contribution in [0.2, 0.25) is 0 Å². The molecule has 3 atom stereocenters. The Hall–Kier alpha value is -6.23. The molecule has 3 aromatic carbocycles. The van der Waals surface area contributed by atoms with Crippen molar-refractivity contribution in [2.24, 2.45) is 5.92 Å². The SMILES string of the molecule is CC(=O)c1cc(-c2cc3sc(N4CCN(c5nc6ccccc6[nH]5)CC4)nc3nc2[C@H](Cc2cc(F)cc(F)c2)NC(=O)Cn2nc(C(F)F)c3c2C2CC2CC3)ccc1F. The summed E-state index contributed by atoms with van der Waals surface area (Å²) in [5.74, 6) is -2.23. The number of Topliss-reactive ketones (excluding diaryl/α,β-unsaturated/α-hetero) is 1. The fourth-order valence-corrected chi connectivity index (χ4v) is 9.95. The number of aromatic amines is 1. The van der Waals surface area contributed by atoms with Crippen LogP contribution >= 0.6 is 11.3 Å². The average molecular weight is 852 g/mol. The lowest BCUT2D eigenvalue weighted by molar-refractivity contribution is -0.122. The summed E-state index contributed by atoms with van der Waals surface area (Å²) in [6.07, 6.45) is -0.842. The van der Waals surface area contributed by atoms with Gasteiger partial charge in [-0.05, 0) is 92.1 Å². The van der Waals surface area contributed by atoms with Crippen LogP contribution in [-0.4, -0.2) is 67.6 Å².